The molecule has 0 aromatic rings. The maximum absolute atomic E-state index is 9.53. The predicted octanol–water partition coefficient (Wildman–Crippen LogP) is -0.381. The fourth-order valence-electron chi connectivity index (χ4n) is 1.36. The van der Waals surface area contributed by atoms with Crippen LogP contribution in [-0.4, -0.2) is 56.4 Å². The molecule has 0 saturated carbocycles. The summed E-state index contributed by atoms with van der Waals surface area (Å²) in [6.45, 7) is 0.563. The van der Waals surface area contributed by atoms with Gasteiger partial charge in [0.05, 0.1) is 31.9 Å². The molecule has 0 aromatic carbocycles. The molecule has 3 nitrogen and oxygen atoms in total. The Morgan fingerprint density at radius 3 is 2.67 bits per heavy atom. The number of rotatable bonds is 3. The summed E-state index contributed by atoms with van der Waals surface area (Å²) in [5, 5.41) is 9.42. The topological polar surface area (TPSA) is 38.7 Å². The first-order valence-electron chi connectivity index (χ1n) is 3.81. The average molecular weight is 188 g/mol. The van der Waals surface area contributed by atoms with E-state index in [-0.39, 0.29) is 16.5 Å². The summed E-state index contributed by atoms with van der Waals surface area (Å²) in [6, 6.07) is 0. The molecule has 1 heterocycles. The van der Waals surface area contributed by atoms with Crippen molar-refractivity contribution >= 4 is 19.6 Å². The number of aliphatic hydroxyl groups is 1. The van der Waals surface area contributed by atoms with E-state index in [4.69, 9.17) is 17.3 Å². The van der Waals surface area contributed by atoms with Gasteiger partial charge in [-0.1, -0.05) is 0 Å². The van der Waals surface area contributed by atoms with Crippen molar-refractivity contribution in [2.24, 2.45) is 0 Å². The lowest BCUT2D eigenvalue weighted by Crippen LogP contribution is -2.36. The Morgan fingerprint density at radius 1 is 1.50 bits per heavy atom. The van der Waals surface area contributed by atoms with Crippen LogP contribution in [0.5, 0.6) is 0 Å². The third-order valence-corrected chi connectivity index (χ3v) is 3.32. The Kier molecular flexibility index (Phi) is 3.90. The van der Waals surface area contributed by atoms with Gasteiger partial charge in [-0.15, -0.1) is 0 Å². The predicted molar refractivity (Wildman–Crippen MR) is 49.6 cm³/mol. The van der Waals surface area contributed by atoms with E-state index in [1.54, 1.807) is 14.2 Å². The van der Waals surface area contributed by atoms with E-state index in [2.05, 4.69) is 0 Å². The molecule has 0 aliphatic carbocycles. The van der Waals surface area contributed by atoms with Crippen LogP contribution < -0.4 is 0 Å². The Balaban J connectivity index is 2.52. The largest absolute Gasteiger partial charge is 0.390 e. The lowest BCUT2D eigenvalue weighted by molar-refractivity contribution is -0.00716. The maximum atomic E-state index is 9.53. The van der Waals surface area contributed by atoms with Crippen LogP contribution in [0, 0.1) is 0 Å². The second kappa shape index (κ2) is 4.51. The van der Waals surface area contributed by atoms with Crippen molar-refractivity contribution in [1.82, 2.24) is 0 Å². The monoisotopic (exact) mass is 188 g/mol. The molecule has 1 fully saturated rings. The lowest BCUT2D eigenvalue weighted by Gasteiger charge is -2.18. The van der Waals surface area contributed by atoms with Crippen molar-refractivity contribution in [3.05, 3.63) is 0 Å². The standard InChI is InChI=1S/C7H13BO3S/c1-10-3-4-6(11-2)5(9)7(8)12-4/h4-7,9H,3H2,1-2H3/t4-,5?,6?,7-/m1/s1. The highest BCUT2D eigenvalue weighted by Crippen LogP contribution is 2.34. The second-order valence-electron chi connectivity index (χ2n) is 2.79. The Morgan fingerprint density at radius 2 is 2.17 bits per heavy atom. The summed E-state index contributed by atoms with van der Waals surface area (Å²) in [4.78, 5) is 0. The number of ether oxygens (including phenoxy) is 2. The summed E-state index contributed by atoms with van der Waals surface area (Å²) in [6.07, 6.45) is -0.787. The number of hydrogen-bond donors (Lipinski definition) is 1. The van der Waals surface area contributed by atoms with E-state index in [9.17, 15) is 5.11 Å². The Labute approximate surface area is 78.2 Å². The van der Waals surface area contributed by atoms with Crippen molar-refractivity contribution < 1.29 is 14.6 Å². The van der Waals surface area contributed by atoms with Gasteiger partial charge < -0.3 is 14.6 Å². The molecule has 1 saturated heterocycles. The number of methoxy groups -OCH3 is 2. The van der Waals surface area contributed by atoms with E-state index in [1.165, 1.54) is 11.8 Å². The molecule has 12 heavy (non-hydrogen) atoms. The van der Waals surface area contributed by atoms with Gasteiger partial charge in [0.1, 0.15) is 0 Å². The third-order valence-electron chi connectivity index (χ3n) is 1.97. The zero-order valence-corrected chi connectivity index (χ0v) is 8.08. The molecule has 0 aromatic heterocycles. The number of thioether (sulfide) groups is 1. The zero-order valence-electron chi connectivity index (χ0n) is 7.27. The van der Waals surface area contributed by atoms with Gasteiger partial charge in [-0.25, -0.2) is 0 Å². The minimum Gasteiger partial charge on any atom is -0.390 e. The zero-order chi connectivity index (χ0) is 9.14. The second-order valence-corrected chi connectivity index (χ2v) is 4.21. The molecule has 2 unspecified atom stereocenters. The fraction of sp³-hybridized carbons (Fsp3) is 1.00. The van der Waals surface area contributed by atoms with E-state index in [0.717, 1.165) is 0 Å². The van der Waals surface area contributed by atoms with Gasteiger partial charge in [0.25, 0.3) is 0 Å². The molecule has 1 aliphatic heterocycles. The van der Waals surface area contributed by atoms with Gasteiger partial charge in [-0.05, 0) is 5.15 Å². The molecular weight excluding hydrogens is 175 g/mol. The molecule has 1 rings (SSSR count). The molecule has 1 aliphatic rings. The van der Waals surface area contributed by atoms with E-state index in [1.807, 2.05) is 0 Å². The van der Waals surface area contributed by atoms with E-state index in [0.29, 0.717) is 6.61 Å². The van der Waals surface area contributed by atoms with Gasteiger partial charge in [0, 0.05) is 14.2 Å². The van der Waals surface area contributed by atoms with Crippen molar-refractivity contribution in [2.75, 3.05) is 20.8 Å². The highest BCUT2D eigenvalue weighted by atomic mass is 32.2. The van der Waals surface area contributed by atoms with Crippen LogP contribution in [0.4, 0.5) is 0 Å². The first-order chi connectivity index (χ1) is 5.70. The molecule has 1 N–H and O–H groups in total. The van der Waals surface area contributed by atoms with Gasteiger partial charge in [0.2, 0.25) is 0 Å². The summed E-state index contributed by atoms with van der Waals surface area (Å²) in [7, 11) is 8.85. The van der Waals surface area contributed by atoms with Crippen molar-refractivity contribution in [1.29, 1.82) is 0 Å². The summed E-state index contributed by atoms with van der Waals surface area (Å²) in [5.74, 6) is 0. The van der Waals surface area contributed by atoms with Crippen LogP contribution in [0.15, 0.2) is 0 Å². The highest BCUT2D eigenvalue weighted by Gasteiger charge is 2.40. The van der Waals surface area contributed by atoms with Crippen LogP contribution in [0.25, 0.3) is 0 Å². The minimum absolute atomic E-state index is 0.144. The quantitative estimate of drug-likeness (QED) is 0.612. The van der Waals surface area contributed by atoms with Crippen LogP contribution in [0.1, 0.15) is 0 Å². The van der Waals surface area contributed by atoms with Crippen molar-refractivity contribution in [3.63, 3.8) is 0 Å². The molecule has 5 heteroatoms. The number of hydrogen-bond acceptors (Lipinski definition) is 4. The van der Waals surface area contributed by atoms with Gasteiger partial charge in [-0.3, -0.25) is 0 Å². The number of aliphatic hydroxyl groups excluding tert-OH is 1. The molecule has 0 amide bonds. The first-order valence-corrected chi connectivity index (χ1v) is 4.75. The Hall–Kier alpha value is 0.295. The summed E-state index contributed by atoms with van der Waals surface area (Å²) < 4.78 is 10.1. The smallest absolute Gasteiger partial charge is 0.0973 e. The molecule has 0 bridgehead atoms. The third kappa shape index (κ3) is 1.96. The minimum atomic E-state index is -0.583. The Bertz CT molecular complexity index is 147. The molecule has 68 valence electrons. The van der Waals surface area contributed by atoms with Crippen LogP contribution >= 0.6 is 11.8 Å². The highest BCUT2D eigenvalue weighted by molar-refractivity contribution is 8.02. The van der Waals surface area contributed by atoms with Crippen LogP contribution in [0.2, 0.25) is 0 Å². The normalized spacial score (nSPS) is 41.9. The van der Waals surface area contributed by atoms with E-state index < -0.39 is 6.10 Å². The average Bonchev–Trinajstić information content (AvgIpc) is 2.29. The lowest BCUT2D eigenvalue weighted by atomic mass is 9.94. The van der Waals surface area contributed by atoms with Crippen LogP contribution in [0.3, 0.4) is 0 Å². The van der Waals surface area contributed by atoms with Gasteiger partial charge in [0.15, 0.2) is 0 Å². The van der Waals surface area contributed by atoms with Gasteiger partial charge >= 0.3 is 0 Å². The summed E-state index contributed by atoms with van der Waals surface area (Å²) >= 11 is 1.51. The molecule has 0 spiro atoms. The summed E-state index contributed by atoms with van der Waals surface area (Å²) in [5.41, 5.74) is 0. The maximum Gasteiger partial charge on any atom is 0.0973 e. The molecule has 2 radical (unpaired) electrons. The van der Waals surface area contributed by atoms with Crippen molar-refractivity contribution in [2.45, 2.75) is 22.6 Å². The first kappa shape index (κ1) is 10.4. The van der Waals surface area contributed by atoms with Crippen LogP contribution in [-0.2, 0) is 9.47 Å². The van der Waals surface area contributed by atoms with E-state index >= 15 is 0 Å². The molecular formula is C7H13BO3S. The fourth-order valence-corrected chi connectivity index (χ4v) is 2.72. The van der Waals surface area contributed by atoms with Gasteiger partial charge in [-0.2, -0.15) is 11.8 Å². The van der Waals surface area contributed by atoms with Crippen molar-refractivity contribution in [3.8, 4) is 0 Å². The molecule has 4 atom stereocenters. The SMILES string of the molecule is [B][C@@H]1S[C@H](COC)C(OC)C1O.